The molecule has 1 saturated heterocycles. The third kappa shape index (κ3) is 3.47. The maximum absolute atomic E-state index is 11.7. The Morgan fingerprint density at radius 2 is 2.24 bits per heavy atom. The molecule has 0 aromatic carbocycles. The van der Waals surface area contributed by atoms with Crippen LogP contribution in [0, 0.1) is 0 Å². The molecule has 0 radical (unpaired) electrons. The minimum absolute atomic E-state index is 0.160. The number of piperidine rings is 1. The van der Waals surface area contributed by atoms with Crippen LogP contribution in [0.5, 0.6) is 0 Å². The van der Waals surface area contributed by atoms with Crippen molar-refractivity contribution in [2.45, 2.75) is 38.3 Å². The van der Waals surface area contributed by atoms with Crippen LogP contribution in [-0.2, 0) is 6.54 Å². The predicted octanol–water partition coefficient (Wildman–Crippen LogP) is 2.69. The molecule has 1 fully saturated rings. The number of nitrogens with zero attached hydrogens (tertiary/aromatic N) is 1. The quantitative estimate of drug-likeness (QED) is 0.920. The molecule has 0 amide bonds. The Hall–Kier alpha value is -0.510. The Labute approximate surface area is 111 Å². The van der Waals surface area contributed by atoms with E-state index in [1.165, 1.54) is 25.3 Å². The van der Waals surface area contributed by atoms with E-state index < -0.39 is 0 Å². The lowest BCUT2D eigenvalue weighted by molar-refractivity contribution is 0.365. The topological polar surface area (TPSA) is 34.0 Å². The summed E-state index contributed by atoms with van der Waals surface area (Å²) < 4.78 is 1.60. The molecule has 1 aromatic rings. The number of rotatable bonds is 3. The van der Waals surface area contributed by atoms with E-state index in [0.717, 1.165) is 13.0 Å². The van der Waals surface area contributed by atoms with Gasteiger partial charge in [0.2, 0.25) is 0 Å². The number of nitrogens with one attached hydrogen (secondary N) is 1. The fourth-order valence-corrected chi connectivity index (χ4v) is 2.71. The zero-order valence-corrected chi connectivity index (χ0v) is 11.1. The second-order valence-electron chi connectivity index (χ2n) is 4.44. The molecule has 94 valence electrons. The van der Waals surface area contributed by atoms with Gasteiger partial charge in [0.25, 0.3) is 5.56 Å². The van der Waals surface area contributed by atoms with Gasteiger partial charge >= 0.3 is 0 Å². The number of pyridine rings is 1. The van der Waals surface area contributed by atoms with Gasteiger partial charge in [0.05, 0.1) is 5.02 Å². The van der Waals surface area contributed by atoms with Crippen molar-refractivity contribution in [2.75, 3.05) is 6.54 Å². The average molecular weight is 275 g/mol. The molecular formula is C12H16Cl2N2O. The van der Waals surface area contributed by atoms with Gasteiger partial charge in [-0.1, -0.05) is 29.6 Å². The third-order valence-corrected chi connectivity index (χ3v) is 3.62. The molecular weight excluding hydrogens is 259 g/mol. The number of aromatic nitrogens is 1. The van der Waals surface area contributed by atoms with Crippen LogP contribution in [0.3, 0.4) is 0 Å². The van der Waals surface area contributed by atoms with Crippen molar-refractivity contribution in [3.05, 3.63) is 32.7 Å². The summed E-state index contributed by atoms with van der Waals surface area (Å²) in [6, 6.07) is 1.99. The fraction of sp³-hybridized carbons (Fsp3) is 0.583. The van der Waals surface area contributed by atoms with E-state index in [4.69, 9.17) is 23.2 Å². The average Bonchev–Trinajstić information content (AvgIpc) is 2.33. The summed E-state index contributed by atoms with van der Waals surface area (Å²) in [5.74, 6) is 0. The Morgan fingerprint density at radius 1 is 1.41 bits per heavy atom. The Kier molecular flexibility index (Phi) is 4.48. The standard InChI is InChI=1S/C12H16Cl2N2O/c13-9-7-11(14)12(17)16(8-9)6-4-10-3-1-2-5-15-10/h7-8,10,15H,1-6H2. The second kappa shape index (κ2) is 5.89. The van der Waals surface area contributed by atoms with E-state index in [9.17, 15) is 4.79 Å². The SMILES string of the molecule is O=c1c(Cl)cc(Cl)cn1CCC1CCCCN1. The summed E-state index contributed by atoms with van der Waals surface area (Å²) in [4.78, 5) is 11.7. The van der Waals surface area contributed by atoms with Crippen molar-refractivity contribution in [2.24, 2.45) is 0 Å². The molecule has 0 bridgehead atoms. The Morgan fingerprint density at radius 3 is 2.94 bits per heavy atom. The van der Waals surface area contributed by atoms with Gasteiger partial charge in [-0.25, -0.2) is 0 Å². The maximum Gasteiger partial charge on any atom is 0.269 e. The van der Waals surface area contributed by atoms with Crippen molar-refractivity contribution >= 4 is 23.2 Å². The zero-order chi connectivity index (χ0) is 12.3. The van der Waals surface area contributed by atoms with Crippen molar-refractivity contribution in [1.82, 2.24) is 9.88 Å². The van der Waals surface area contributed by atoms with Gasteiger partial charge in [-0.2, -0.15) is 0 Å². The number of hydrogen-bond donors (Lipinski definition) is 1. The molecule has 2 heterocycles. The summed E-state index contributed by atoms with van der Waals surface area (Å²) in [7, 11) is 0. The monoisotopic (exact) mass is 274 g/mol. The normalized spacial score (nSPS) is 20.5. The highest BCUT2D eigenvalue weighted by Gasteiger charge is 2.13. The highest BCUT2D eigenvalue weighted by atomic mass is 35.5. The van der Waals surface area contributed by atoms with Crippen LogP contribution in [0.1, 0.15) is 25.7 Å². The summed E-state index contributed by atoms with van der Waals surface area (Å²) >= 11 is 11.7. The van der Waals surface area contributed by atoms with Gasteiger partial charge in [0, 0.05) is 18.8 Å². The molecule has 1 atom stereocenters. The van der Waals surface area contributed by atoms with E-state index in [1.807, 2.05) is 0 Å². The lowest BCUT2D eigenvalue weighted by Crippen LogP contribution is -2.35. The molecule has 1 N–H and O–H groups in total. The van der Waals surface area contributed by atoms with Crippen molar-refractivity contribution in [1.29, 1.82) is 0 Å². The first kappa shape index (κ1) is 12.9. The van der Waals surface area contributed by atoms with Gasteiger partial charge in [0.15, 0.2) is 0 Å². The summed E-state index contributed by atoms with van der Waals surface area (Å²) in [6.07, 6.45) is 6.29. The molecule has 0 saturated carbocycles. The maximum atomic E-state index is 11.7. The van der Waals surface area contributed by atoms with Gasteiger partial charge in [-0.3, -0.25) is 4.79 Å². The molecule has 3 nitrogen and oxygen atoms in total. The van der Waals surface area contributed by atoms with E-state index in [1.54, 1.807) is 10.8 Å². The smallest absolute Gasteiger partial charge is 0.269 e. The lowest BCUT2D eigenvalue weighted by atomic mass is 10.0. The van der Waals surface area contributed by atoms with Crippen LogP contribution < -0.4 is 10.9 Å². The highest BCUT2D eigenvalue weighted by molar-refractivity contribution is 6.34. The molecule has 0 spiro atoms. The molecule has 0 aliphatic carbocycles. The van der Waals surface area contributed by atoms with Crippen LogP contribution in [0.2, 0.25) is 10.0 Å². The van der Waals surface area contributed by atoms with Crippen LogP contribution >= 0.6 is 23.2 Å². The third-order valence-electron chi connectivity index (χ3n) is 3.14. The minimum Gasteiger partial charge on any atom is -0.314 e. The highest BCUT2D eigenvalue weighted by Crippen LogP contribution is 2.14. The minimum atomic E-state index is -0.160. The first-order valence-electron chi connectivity index (χ1n) is 5.95. The second-order valence-corrected chi connectivity index (χ2v) is 5.28. The number of halogens is 2. The molecule has 1 aromatic heterocycles. The van der Waals surface area contributed by atoms with Gasteiger partial charge in [-0.15, -0.1) is 0 Å². The van der Waals surface area contributed by atoms with Crippen LogP contribution in [0.15, 0.2) is 17.1 Å². The fourth-order valence-electron chi connectivity index (χ4n) is 2.20. The lowest BCUT2D eigenvalue weighted by Gasteiger charge is -2.23. The molecule has 1 aliphatic heterocycles. The van der Waals surface area contributed by atoms with Crippen LogP contribution in [-0.4, -0.2) is 17.2 Å². The zero-order valence-electron chi connectivity index (χ0n) is 9.59. The van der Waals surface area contributed by atoms with E-state index in [-0.39, 0.29) is 10.6 Å². The molecule has 1 unspecified atom stereocenters. The van der Waals surface area contributed by atoms with Crippen molar-refractivity contribution in [3.63, 3.8) is 0 Å². The Bertz CT molecular complexity index is 439. The molecule has 1 aliphatic rings. The van der Waals surface area contributed by atoms with Crippen molar-refractivity contribution < 1.29 is 0 Å². The van der Waals surface area contributed by atoms with Crippen molar-refractivity contribution in [3.8, 4) is 0 Å². The van der Waals surface area contributed by atoms with E-state index >= 15 is 0 Å². The van der Waals surface area contributed by atoms with Crippen LogP contribution in [0.4, 0.5) is 0 Å². The Balaban J connectivity index is 2.00. The predicted molar refractivity (Wildman–Crippen MR) is 71.0 cm³/mol. The van der Waals surface area contributed by atoms with Gasteiger partial charge < -0.3 is 9.88 Å². The van der Waals surface area contributed by atoms with Gasteiger partial charge in [-0.05, 0) is 31.9 Å². The summed E-state index contributed by atoms with van der Waals surface area (Å²) in [5.41, 5.74) is -0.160. The molecule has 17 heavy (non-hydrogen) atoms. The number of hydrogen-bond acceptors (Lipinski definition) is 2. The summed E-state index contributed by atoms with van der Waals surface area (Å²) in [6.45, 7) is 1.74. The van der Waals surface area contributed by atoms with E-state index in [2.05, 4.69) is 5.32 Å². The summed E-state index contributed by atoms with van der Waals surface area (Å²) in [5, 5.41) is 4.15. The number of aryl methyl sites for hydroxylation is 1. The molecule has 5 heteroatoms. The largest absolute Gasteiger partial charge is 0.314 e. The van der Waals surface area contributed by atoms with E-state index in [0.29, 0.717) is 17.6 Å². The first-order valence-corrected chi connectivity index (χ1v) is 6.71. The van der Waals surface area contributed by atoms with Crippen LogP contribution in [0.25, 0.3) is 0 Å². The first-order chi connectivity index (χ1) is 8.16. The molecule has 2 rings (SSSR count). The van der Waals surface area contributed by atoms with Gasteiger partial charge in [0.1, 0.15) is 5.02 Å².